The molecule has 1 fully saturated rings. The number of ether oxygens (including phenoxy) is 2. The summed E-state index contributed by atoms with van der Waals surface area (Å²) in [5.41, 5.74) is 2.05. The third-order valence-electron chi connectivity index (χ3n) is 4.10. The van der Waals surface area contributed by atoms with Gasteiger partial charge >= 0.3 is 12.1 Å². The number of rotatable bonds is 4. The summed E-state index contributed by atoms with van der Waals surface area (Å²) in [5, 5.41) is 0. The molecule has 0 spiro atoms. The number of amides is 1. The van der Waals surface area contributed by atoms with E-state index in [1.54, 1.807) is 36.4 Å². The van der Waals surface area contributed by atoms with Crippen molar-refractivity contribution in [3.8, 4) is 11.4 Å². The molecule has 0 N–H and O–H groups in total. The van der Waals surface area contributed by atoms with Crippen LogP contribution in [-0.4, -0.2) is 29.8 Å². The first-order valence-corrected chi connectivity index (χ1v) is 8.21. The molecule has 0 radical (unpaired) electrons. The predicted molar refractivity (Wildman–Crippen MR) is 95.9 cm³/mol. The van der Waals surface area contributed by atoms with Crippen LogP contribution >= 0.6 is 0 Å². The number of carbonyl (C=O) groups excluding carboxylic acids is 2. The number of esters is 1. The van der Waals surface area contributed by atoms with E-state index in [2.05, 4.69) is 0 Å². The number of nitrogens with zero attached hydrogens (tertiary/aromatic N) is 2. The van der Waals surface area contributed by atoms with Crippen LogP contribution in [0.2, 0.25) is 0 Å². The van der Waals surface area contributed by atoms with E-state index in [1.165, 1.54) is 4.90 Å². The molecule has 0 atom stereocenters. The van der Waals surface area contributed by atoms with Crippen LogP contribution in [0.1, 0.15) is 10.4 Å². The molecule has 0 saturated carbocycles. The average molecular weight is 348 g/mol. The van der Waals surface area contributed by atoms with E-state index in [9.17, 15) is 9.59 Å². The molecule has 0 bridgehead atoms. The lowest BCUT2D eigenvalue weighted by Gasteiger charge is -2.13. The Balaban J connectivity index is 1.48. The van der Waals surface area contributed by atoms with Gasteiger partial charge in [0.05, 0.1) is 12.1 Å². The molecule has 26 heavy (non-hydrogen) atoms. The zero-order valence-corrected chi connectivity index (χ0v) is 13.9. The third-order valence-corrected chi connectivity index (χ3v) is 4.10. The van der Waals surface area contributed by atoms with Crippen LogP contribution in [0.3, 0.4) is 0 Å². The lowest BCUT2D eigenvalue weighted by molar-refractivity contribution is 0.0734. The molecule has 1 saturated heterocycles. The smallest absolute Gasteiger partial charge is 0.414 e. The summed E-state index contributed by atoms with van der Waals surface area (Å²) in [6.07, 6.45) is 3.45. The summed E-state index contributed by atoms with van der Waals surface area (Å²) in [4.78, 5) is 25.5. The van der Waals surface area contributed by atoms with Crippen molar-refractivity contribution >= 4 is 17.7 Å². The molecule has 6 nitrogen and oxygen atoms in total. The topological polar surface area (TPSA) is 60.8 Å². The fraction of sp³-hybridized carbons (Fsp3) is 0.100. The average Bonchev–Trinajstić information content (AvgIpc) is 3.34. The van der Waals surface area contributed by atoms with Gasteiger partial charge in [-0.1, -0.05) is 6.07 Å². The number of anilines is 1. The summed E-state index contributed by atoms with van der Waals surface area (Å²) in [6, 6.07) is 17.8. The molecule has 0 aliphatic carbocycles. The highest BCUT2D eigenvalue weighted by molar-refractivity contribution is 5.92. The molecular weight excluding hydrogens is 332 g/mol. The minimum Gasteiger partial charge on any atom is -0.447 e. The molecule has 0 unspecified atom stereocenters. The van der Waals surface area contributed by atoms with Gasteiger partial charge in [-0.3, -0.25) is 4.90 Å². The van der Waals surface area contributed by atoms with Gasteiger partial charge in [0, 0.05) is 23.8 Å². The van der Waals surface area contributed by atoms with Gasteiger partial charge in [-0.15, -0.1) is 0 Å². The van der Waals surface area contributed by atoms with Gasteiger partial charge in [0.1, 0.15) is 12.4 Å². The molecule has 1 amide bonds. The summed E-state index contributed by atoms with van der Waals surface area (Å²) < 4.78 is 12.3. The molecule has 6 heteroatoms. The standard InChI is InChI=1S/C20H16N2O4/c23-19(15-4-3-5-17(14-15)21-10-1-2-11-21)26-18-8-6-16(7-9-18)22-12-13-25-20(22)24/h1-11,14H,12-13H2. The molecule has 4 rings (SSSR count). The van der Waals surface area contributed by atoms with E-state index in [1.807, 2.05) is 41.2 Å². The number of benzene rings is 2. The zero-order valence-electron chi connectivity index (χ0n) is 13.9. The highest BCUT2D eigenvalue weighted by Gasteiger charge is 2.23. The lowest BCUT2D eigenvalue weighted by Crippen LogP contribution is -2.23. The minimum absolute atomic E-state index is 0.364. The van der Waals surface area contributed by atoms with Crippen LogP contribution in [-0.2, 0) is 4.74 Å². The number of cyclic esters (lactones) is 1. The second-order valence-corrected chi connectivity index (χ2v) is 5.79. The monoisotopic (exact) mass is 348 g/mol. The Hall–Kier alpha value is -3.54. The van der Waals surface area contributed by atoms with E-state index in [0.29, 0.717) is 30.2 Å². The molecule has 1 aliphatic rings. The van der Waals surface area contributed by atoms with Gasteiger partial charge in [0.25, 0.3) is 0 Å². The molecule has 3 aromatic rings. The van der Waals surface area contributed by atoms with Gasteiger partial charge < -0.3 is 14.0 Å². The summed E-state index contributed by atoms with van der Waals surface area (Å²) in [5.74, 6) is -0.0231. The Morgan fingerprint density at radius 3 is 2.42 bits per heavy atom. The summed E-state index contributed by atoms with van der Waals surface area (Å²) in [6.45, 7) is 0.900. The number of carbonyl (C=O) groups is 2. The van der Waals surface area contributed by atoms with Gasteiger partial charge in [-0.2, -0.15) is 0 Å². The first-order valence-electron chi connectivity index (χ1n) is 8.21. The predicted octanol–water partition coefficient (Wildman–Crippen LogP) is 3.65. The van der Waals surface area contributed by atoms with E-state index in [-0.39, 0.29) is 6.09 Å². The fourth-order valence-electron chi connectivity index (χ4n) is 2.79. The Bertz CT molecular complexity index is 933. The van der Waals surface area contributed by atoms with Crippen molar-refractivity contribution in [2.24, 2.45) is 0 Å². The SMILES string of the molecule is O=C(Oc1ccc(N2CCOC2=O)cc1)c1cccc(-n2cccc2)c1. The lowest BCUT2D eigenvalue weighted by atomic mass is 10.2. The van der Waals surface area contributed by atoms with Crippen LogP contribution in [0.15, 0.2) is 73.1 Å². The molecular formula is C20H16N2O4. The molecule has 1 aliphatic heterocycles. The van der Waals surface area contributed by atoms with Crippen molar-refractivity contribution in [2.75, 3.05) is 18.1 Å². The number of hydrogen-bond donors (Lipinski definition) is 0. The quantitative estimate of drug-likeness (QED) is 0.533. The Morgan fingerprint density at radius 1 is 0.962 bits per heavy atom. The van der Waals surface area contributed by atoms with Crippen LogP contribution in [0, 0.1) is 0 Å². The normalized spacial score (nSPS) is 13.5. The van der Waals surface area contributed by atoms with Gasteiger partial charge in [0.15, 0.2) is 0 Å². The third kappa shape index (κ3) is 3.17. The van der Waals surface area contributed by atoms with Crippen LogP contribution < -0.4 is 9.64 Å². The first kappa shape index (κ1) is 16.0. The van der Waals surface area contributed by atoms with E-state index >= 15 is 0 Å². The Labute approximate surface area is 150 Å². The second kappa shape index (κ2) is 6.76. The largest absolute Gasteiger partial charge is 0.447 e. The molecule has 1 aromatic heterocycles. The summed E-state index contributed by atoms with van der Waals surface area (Å²) in [7, 11) is 0. The second-order valence-electron chi connectivity index (χ2n) is 5.79. The minimum atomic E-state index is -0.438. The van der Waals surface area contributed by atoms with Crippen molar-refractivity contribution in [3.05, 3.63) is 78.6 Å². The Morgan fingerprint density at radius 2 is 1.73 bits per heavy atom. The van der Waals surface area contributed by atoms with E-state index < -0.39 is 5.97 Å². The van der Waals surface area contributed by atoms with Crippen molar-refractivity contribution < 1.29 is 19.1 Å². The molecule has 130 valence electrons. The van der Waals surface area contributed by atoms with E-state index in [4.69, 9.17) is 9.47 Å². The molecule has 2 aromatic carbocycles. The first-order chi connectivity index (χ1) is 12.7. The van der Waals surface area contributed by atoms with E-state index in [0.717, 1.165) is 5.69 Å². The van der Waals surface area contributed by atoms with Crippen LogP contribution in [0.25, 0.3) is 5.69 Å². The maximum atomic E-state index is 12.4. The maximum absolute atomic E-state index is 12.4. The molecule has 2 heterocycles. The maximum Gasteiger partial charge on any atom is 0.414 e. The van der Waals surface area contributed by atoms with Crippen molar-refractivity contribution in [1.29, 1.82) is 0 Å². The highest BCUT2D eigenvalue weighted by atomic mass is 16.6. The van der Waals surface area contributed by atoms with Crippen LogP contribution in [0.4, 0.5) is 10.5 Å². The summed E-state index contributed by atoms with van der Waals surface area (Å²) >= 11 is 0. The van der Waals surface area contributed by atoms with Crippen molar-refractivity contribution in [1.82, 2.24) is 4.57 Å². The van der Waals surface area contributed by atoms with Gasteiger partial charge in [-0.25, -0.2) is 9.59 Å². The number of hydrogen-bond acceptors (Lipinski definition) is 4. The number of aromatic nitrogens is 1. The van der Waals surface area contributed by atoms with Gasteiger partial charge in [0.2, 0.25) is 0 Å². The van der Waals surface area contributed by atoms with Crippen molar-refractivity contribution in [3.63, 3.8) is 0 Å². The zero-order chi connectivity index (χ0) is 17.9. The van der Waals surface area contributed by atoms with Gasteiger partial charge in [-0.05, 0) is 54.6 Å². The fourth-order valence-corrected chi connectivity index (χ4v) is 2.79. The highest BCUT2D eigenvalue weighted by Crippen LogP contribution is 2.23. The van der Waals surface area contributed by atoms with Crippen molar-refractivity contribution in [2.45, 2.75) is 0 Å². The Kier molecular flexibility index (Phi) is 4.15. The van der Waals surface area contributed by atoms with Crippen LogP contribution in [0.5, 0.6) is 5.75 Å².